The third-order valence-corrected chi connectivity index (χ3v) is 5.03. The Morgan fingerprint density at radius 1 is 0.700 bits per heavy atom. The zero-order valence-electron chi connectivity index (χ0n) is 16.9. The fraction of sp³-hybridized carbons (Fsp3) is 0.455. The second-order valence-corrected chi connectivity index (χ2v) is 7.74. The molecular formula is C22H30Cl2N2O4. The largest absolute Gasteiger partial charge is 0.389 e. The van der Waals surface area contributed by atoms with Gasteiger partial charge >= 0.3 is 0 Å². The van der Waals surface area contributed by atoms with Gasteiger partial charge in [-0.15, -0.1) is 0 Å². The van der Waals surface area contributed by atoms with Crippen LogP contribution in [0.2, 0.25) is 10.0 Å². The van der Waals surface area contributed by atoms with Crippen LogP contribution in [0.15, 0.2) is 48.5 Å². The Morgan fingerprint density at radius 3 is 1.50 bits per heavy atom. The number of hydrogen-bond acceptors (Lipinski definition) is 6. The van der Waals surface area contributed by atoms with E-state index in [4.69, 9.17) is 32.7 Å². The molecule has 2 rings (SSSR count). The van der Waals surface area contributed by atoms with E-state index in [0.29, 0.717) is 49.4 Å². The number of hydrogen-bond donors (Lipinski definition) is 4. The van der Waals surface area contributed by atoms with Crippen molar-refractivity contribution < 1.29 is 19.7 Å². The number of benzene rings is 2. The SMILES string of the molecule is O[C@@H](CNCCNC[C@H](O)COCc1ccccc1Cl)COCc1ccccc1Cl. The third kappa shape index (κ3) is 10.2. The van der Waals surface area contributed by atoms with Gasteiger partial charge in [-0.1, -0.05) is 59.6 Å². The van der Waals surface area contributed by atoms with Gasteiger partial charge in [0, 0.05) is 36.2 Å². The van der Waals surface area contributed by atoms with Gasteiger partial charge in [0.1, 0.15) is 0 Å². The molecule has 8 heteroatoms. The Balaban J connectivity index is 1.43. The zero-order valence-corrected chi connectivity index (χ0v) is 18.4. The molecule has 0 aliphatic heterocycles. The van der Waals surface area contributed by atoms with E-state index in [2.05, 4.69) is 10.6 Å². The Labute approximate surface area is 188 Å². The molecule has 2 aromatic rings. The van der Waals surface area contributed by atoms with E-state index in [1.807, 2.05) is 48.5 Å². The molecule has 0 saturated heterocycles. The first-order valence-corrected chi connectivity index (χ1v) is 10.7. The normalized spacial score (nSPS) is 13.3. The monoisotopic (exact) mass is 456 g/mol. The summed E-state index contributed by atoms with van der Waals surface area (Å²) in [5, 5.41) is 27.5. The van der Waals surface area contributed by atoms with Crippen molar-refractivity contribution in [3.05, 3.63) is 69.7 Å². The molecule has 0 saturated carbocycles. The van der Waals surface area contributed by atoms with Crippen LogP contribution in [0.1, 0.15) is 11.1 Å². The minimum absolute atomic E-state index is 0.229. The molecule has 30 heavy (non-hydrogen) atoms. The van der Waals surface area contributed by atoms with Crippen molar-refractivity contribution in [3.63, 3.8) is 0 Å². The van der Waals surface area contributed by atoms with E-state index in [1.165, 1.54) is 0 Å². The summed E-state index contributed by atoms with van der Waals surface area (Å²) in [6.07, 6.45) is -1.20. The van der Waals surface area contributed by atoms with Crippen molar-refractivity contribution >= 4 is 23.2 Å². The van der Waals surface area contributed by atoms with E-state index in [0.717, 1.165) is 11.1 Å². The maximum Gasteiger partial charge on any atom is 0.0897 e. The van der Waals surface area contributed by atoms with Gasteiger partial charge in [0.05, 0.1) is 38.6 Å². The number of aliphatic hydroxyl groups is 2. The maximum atomic E-state index is 9.95. The number of rotatable bonds is 15. The Bertz CT molecular complexity index is 674. The van der Waals surface area contributed by atoms with Crippen molar-refractivity contribution in [1.29, 1.82) is 0 Å². The minimum atomic E-state index is -0.601. The predicted molar refractivity (Wildman–Crippen MR) is 120 cm³/mol. The topological polar surface area (TPSA) is 83.0 Å². The Morgan fingerprint density at radius 2 is 1.10 bits per heavy atom. The highest BCUT2D eigenvalue weighted by atomic mass is 35.5. The molecule has 166 valence electrons. The molecule has 0 radical (unpaired) electrons. The van der Waals surface area contributed by atoms with Gasteiger partial charge in [-0.25, -0.2) is 0 Å². The van der Waals surface area contributed by atoms with Crippen LogP contribution in [0.25, 0.3) is 0 Å². The molecule has 6 nitrogen and oxygen atoms in total. The molecule has 2 atom stereocenters. The summed E-state index contributed by atoms with van der Waals surface area (Å²) in [5.74, 6) is 0. The first-order chi connectivity index (χ1) is 14.6. The molecule has 4 N–H and O–H groups in total. The van der Waals surface area contributed by atoms with Gasteiger partial charge in [-0.05, 0) is 23.3 Å². The summed E-state index contributed by atoms with van der Waals surface area (Å²) in [6.45, 7) is 3.37. The van der Waals surface area contributed by atoms with E-state index in [9.17, 15) is 10.2 Å². The predicted octanol–water partition coefficient (Wildman–Crippen LogP) is 2.63. The fourth-order valence-corrected chi connectivity index (χ4v) is 3.05. The second-order valence-electron chi connectivity index (χ2n) is 6.93. The van der Waals surface area contributed by atoms with Gasteiger partial charge < -0.3 is 30.3 Å². The number of aliphatic hydroxyl groups excluding tert-OH is 2. The van der Waals surface area contributed by atoms with Crippen molar-refractivity contribution in [2.45, 2.75) is 25.4 Å². The van der Waals surface area contributed by atoms with E-state index in [1.54, 1.807) is 0 Å². The quantitative estimate of drug-likeness (QED) is 0.308. The lowest BCUT2D eigenvalue weighted by atomic mass is 10.2. The Kier molecular flexibility index (Phi) is 12.3. The van der Waals surface area contributed by atoms with Gasteiger partial charge in [-0.2, -0.15) is 0 Å². The standard InChI is InChI=1S/C22H30Cl2N2O4/c23-21-7-3-1-5-17(21)13-29-15-19(27)11-25-9-10-26-12-20(28)16-30-14-18-6-2-4-8-22(18)24/h1-8,19-20,25-28H,9-16H2/t19-,20-/m0/s1. The zero-order chi connectivity index (χ0) is 21.6. The highest BCUT2D eigenvalue weighted by Crippen LogP contribution is 2.16. The van der Waals surface area contributed by atoms with E-state index >= 15 is 0 Å². The van der Waals surface area contributed by atoms with Crippen LogP contribution in [-0.4, -0.2) is 61.8 Å². The lowest BCUT2D eigenvalue weighted by molar-refractivity contribution is 0.0274. The lowest BCUT2D eigenvalue weighted by Gasteiger charge is -2.15. The second kappa shape index (κ2) is 14.7. The van der Waals surface area contributed by atoms with Crippen LogP contribution in [-0.2, 0) is 22.7 Å². The van der Waals surface area contributed by atoms with Crippen LogP contribution >= 0.6 is 23.2 Å². The van der Waals surface area contributed by atoms with Crippen LogP contribution in [0.5, 0.6) is 0 Å². The minimum Gasteiger partial charge on any atom is -0.389 e. The highest BCUT2D eigenvalue weighted by Gasteiger charge is 2.07. The maximum absolute atomic E-state index is 9.95. The lowest BCUT2D eigenvalue weighted by Crippen LogP contribution is -2.37. The smallest absolute Gasteiger partial charge is 0.0897 e. The summed E-state index contributed by atoms with van der Waals surface area (Å²) in [4.78, 5) is 0. The van der Waals surface area contributed by atoms with Crippen molar-refractivity contribution in [1.82, 2.24) is 10.6 Å². The molecule has 0 amide bonds. The molecule has 0 bridgehead atoms. The van der Waals surface area contributed by atoms with Crippen molar-refractivity contribution in [3.8, 4) is 0 Å². The molecular weight excluding hydrogens is 427 g/mol. The summed E-state index contributed by atoms with van der Waals surface area (Å²) in [6, 6.07) is 15.0. The molecule has 0 spiro atoms. The highest BCUT2D eigenvalue weighted by molar-refractivity contribution is 6.31. The van der Waals surface area contributed by atoms with Crippen molar-refractivity contribution in [2.24, 2.45) is 0 Å². The van der Waals surface area contributed by atoms with Crippen LogP contribution in [0.3, 0.4) is 0 Å². The van der Waals surface area contributed by atoms with Gasteiger partial charge in [-0.3, -0.25) is 0 Å². The number of halogens is 2. The number of ether oxygens (including phenoxy) is 2. The average molecular weight is 457 g/mol. The fourth-order valence-electron chi connectivity index (χ4n) is 2.67. The van der Waals surface area contributed by atoms with Crippen LogP contribution < -0.4 is 10.6 Å². The summed E-state index contributed by atoms with van der Waals surface area (Å²) in [7, 11) is 0. The molecule has 0 fully saturated rings. The molecule has 0 aliphatic rings. The van der Waals surface area contributed by atoms with Gasteiger partial charge in [0.2, 0.25) is 0 Å². The molecule has 0 aliphatic carbocycles. The number of nitrogens with one attached hydrogen (secondary N) is 2. The van der Waals surface area contributed by atoms with Crippen molar-refractivity contribution in [2.75, 3.05) is 39.4 Å². The van der Waals surface area contributed by atoms with Crippen LogP contribution in [0.4, 0.5) is 0 Å². The summed E-state index contributed by atoms with van der Waals surface area (Å²) in [5.41, 5.74) is 1.80. The molecule has 0 unspecified atom stereocenters. The first kappa shape index (κ1) is 25.0. The molecule has 0 aromatic heterocycles. The van der Waals surface area contributed by atoms with E-state index in [-0.39, 0.29) is 13.2 Å². The first-order valence-electron chi connectivity index (χ1n) is 9.96. The van der Waals surface area contributed by atoms with Crippen LogP contribution in [0, 0.1) is 0 Å². The molecule has 2 aromatic carbocycles. The summed E-state index contributed by atoms with van der Waals surface area (Å²) < 4.78 is 11.0. The van der Waals surface area contributed by atoms with Gasteiger partial charge in [0.25, 0.3) is 0 Å². The molecule has 0 heterocycles. The third-order valence-electron chi connectivity index (χ3n) is 4.29. The average Bonchev–Trinajstić information content (AvgIpc) is 2.73. The Hall–Kier alpha value is -1.22. The van der Waals surface area contributed by atoms with Gasteiger partial charge in [0.15, 0.2) is 0 Å². The van der Waals surface area contributed by atoms with E-state index < -0.39 is 12.2 Å². The summed E-state index contributed by atoms with van der Waals surface area (Å²) >= 11 is 12.1.